The molecule has 134 valence electrons. The number of carbonyl (C=O) groups excluding carboxylic acids is 2. The first-order valence-electron chi connectivity index (χ1n) is 7.77. The fourth-order valence-corrected chi connectivity index (χ4v) is 3.28. The van der Waals surface area contributed by atoms with Crippen molar-refractivity contribution >= 4 is 34.8 Å². The number of thiazole rings is 1. The van der Waals surface area contributed by atoms with Gasteiger partial charge in [0.2, 0.25) is 5.91 Å². The smallest absolute Gasteiger partial charge is 0.357 e. The van der Waals surface area contributed by atoms with Crippen LogP contribution < -0.4 is 0 Å². The molecule has 1 aromatic heterocycles. The van der Waals surface area contributed by atoms with E-state index in [-0.39, 0.29) is 18.1 Å². The number of methoxy groups -OCH3 is 1. The first-order chi connectivity index (χ1) is 11.7. The summed E-state index contributed by atoms with van der Waals surface area (Å²) in [6.07, 6.45) is 0. The molecular formula is C18H21ClN2O3S. The van der Waals surface area contributed by atoms with Crippen molar-refractivity contribution in [1.29, 1.82) is 0 Å². The molecule has 1 atom stereocenters. The summed E-state index contributed by atoms with van der Waals surface area (Å²) < 4.78 is 4.67. The van der Waals surface area contributed by atoms with E-state index in [0.29, 0.717) is 5.01 Å². The van der Waals surface area contributed by atoms with Gasteiger partial charge in [0.15, 0.2) is 5.69 Å². The largest absolute Gasteiger partial charge is 0.464 e. The SMILES string of the molecule is COC(=O)c1csc(CN(C(=O)C(Cl)c2ccccc2)C(C)(C)C)n1. The second-order valence-corrected chi connectivity index (χ2v) is 7.87. The van der Waals surface area contributed by atoms with Crippen molar-refractivity contribution in [1.82, 2.24) is 9.88 Å². The highest BCUT2D eigenvalue weighted by Gasteiger charge is 2.32. The van der Waals surface area contributed by atoms with Crippen LogP contribution in [0.15, 0.2) is 35.7 Å². The summed E-state index contributed by atoms with van der Waals surface area (Å²) in [5.74, 6) is -0.689. The Morgan fingerprint density at radius 2 is 1.92 bits per heavy atom. The van der Waals surface area contributed by atoms with Crippen molar-refractivity contribution < 1.29 is 14.3 Å². The molecule has 0 saturated carbocycles. The summed E-state index contributed by atoms with van der Waals surface area (Å²) in [5.41, 5.74) is 0.544. The minimum Gasteiger partial charge on any atom is -0.464 e. The standard InChI is InChI=1S/C18H21ClN2O3S/c1-18(2,3)21(10-14-20-13(11-25-14)17(23)24-4)16(22)15(19)12-8-6-5-7-9-12/h5-9,11,15H,10H2,1-4H3. The van der Waals surface area contributed by atoms with Gasteiger partial charge in [0.05, 0.1) is 13.7 Å². The summed E-state index contributed by atoms with van der Waals surface area (Å²) >= 11 is 7.73. The summed E-state index contributed by atoms with van der Waals surface area (Å²) in [7, 11) is 1.31. The molecule has 5 nitrogen and oxygen atoms in total. The van der Waals surface area contributed by atoms with E-state index in [4.69, 9.17) is 11.6 Å². The van der Waals surface area contributed by atoms with Gasteiger partial charge in [0.25, 0.3) is 0 Å². The topological polar surface area (TPSA) is 59.5 Å². The molecule has 2 aromatic rings. The quantitative estimate of drug-likeness (QED) is 0.580. The minimum atomic E-state index is -0.777. The van der Waals surface area contributed by atoms with Crippen LogP contribution in [0, 0.1) is 0 Å². The lowest BCUT2D eigenvalue weighted by molar-refractivity contribution is -0.136. The Balaban J connectivity index is 2.23. The van der Waals surface area contributed by atoms with Crippen molar-refractivity contribution in [3.05, 3.63) is 52.0 Å². The summed E-state index contributed by atoms with van der Waals surface area (Å²) in [4.78, 5) is 30.5. The van der Waals surface area contributed by atoms with Crippen molar-refractivity contribution in [2.75, 3.05) is 7.11 Å². The predicted octanol–water partition coefficient (Wildman–Crippen LogP) is 4.04. The Morgan fingerprint density at radius 3 is 2.48 bits per heavy atom. The fourth-order valence-electron chi connectivity index (χ4n) is 2.26. The van der Waals surface area contributed by atoms with E-state index in [1.165, 1.54) is 18.4 Å². The van der Waals surface area contributed by atoms with Gasteiger partial charge in [-0.25, -0.2) is 9.78 Å². The molecule has 0 saturated heterocycles. The number of amides is 1. The van der Waals surface area contributed by atoms with E-state index < -0.39 is 16.9 Å². The highest BCUT2D eigenvalue weighted by molar-refractivity contribution is 7.09. The Bertz CT molecular complexity index is 740. The molecule has 0 aliphatic carbocycles. The number of halogens is 1. The zero-order chi connectivity index (χ0) is 18.6. The van der Waals surface area contributed by atoms with Crippen molar-refractivity contribution in [2.45, 2.75) is 38.2 Å². The molecule has 0 bridgehead atoms. The molecule has 0 fully saturated rings. The number of alkyl halides is 1. The normalized spacial score (nSPS) is 12.5. The van der Waals surface area contributed by atoms with Crippen LogP contribution in [0.3, 0.4) is 0 Å². The number of carbonyl (C=O) groups is 2. The Labute approximate surface area is 156 Å². The third-order valence-electron chi connectivity index (χ3n) is 3.62. The van der Waals surface area contributed by atoms with Crippen LogP contribution in [0.25, 0.3) is 0 Å². The molecule has 0 radical (unpaired) electrons. The maximum atomic E-state index is 13.0. The summed E-state index contributed by atoms with van der Waals surface area (Å²) in [5, 5.41) is 1.50. The monoisotopic (exact) mass is 380 g/mol. The van der Waals surface area contributed by atoms with Crippen LogP contribution in [-0.4, -0.2) is 34.4 Å². The van der Waals surface area contributed by atoms with E-state index in [9.17, 15) is 9.59 Å². The summed E-state index contributed by atoms with van der Waals surface area (Å²) in [6.45, 7) is 6.09. The van der Waals surface area contributed by atoms with Crippen LogP contribution in [-0.2, 0) is 16.1 Å². The number of hydrogen-bond donors (Lipinski definition) is 0. The van der Waals surface area contributed by atoms with Gasteiger partial charge in [-0.2, -0.15) is 0 Å². The van der Waals surface area contributed by atoms with E-state index in [2.05, 4.69) is 9.72 Å². The Kier molecular flexibility index (Phi) is 6.19. The summed E-state index contributed by atoms with van der Waals surface area (Å²) in [6, 6.07) is 9.24. The molecule has 2 rings (SSSR count). The molecule has 0 aliphatic rings. The molecule has 0 N–H and O–H groups in total. The van der Waals surface area contributed by atoms with Crippen molar-refractivity contribution in [2.24, 2.45) is 0 Å². The Hall–Kier alpha value is -1.92. The van der Waals surface area contributed by atoms with Gasteiger partial charge in [-0.3, -0.25) is 4.79 Å². The average molecular weight is 381 g/mol. The van der Waals surface area contributed by atoms with Gasteiger partial charge in [0, 0.05) is 10.9 Å². The maximum absolute atomic E-state index is 13.0. The van der Waals surface area contributed by atoms with Crippen molar-refractivity contribution in [3.63, 3.8) is 0 Å². The predicted molar refractivity (Wildman–Crippen MR) is 98.8 cm³/mol. The van der Waals surface area contributed by atoms with Crippen molar-refractivity contribution in [3.8, 4) is 0 Å². The number of hydrogen-bond acceptors (Lipinski definition) is 5. The number of esters is 1. The van der Waals surface area contributed by atoms with Gasteiger partial charge in [-0.05, 0) is 26.3 Å². The average Bonchev–Trinajstić information content (AvgIpc) is 3.06. The van der Waals surface area contributed by atoms with Crippen LogP contribution in [0.1, 0.15) is 47.2 Å². The second-order valence-electron chi connectivity index (χ2n) is 6.49. The third kappa shape index (κ3) is 4.80. The van der Waals surface area contributed by atoms with E-state index in [1.807, 2.05) is 51.1 Å². The Morgan fingerprint density at radius 1 is 1.28 bits per heavy atom. The zero-order valence-corrected chi connectivity index (χ0v) is 16.2. The minimum absolute atomic E-state index is 0.199. The first kappa shape index (κ1) is 19.4. The number of benzene rings is 1. The lowest BCUT2D eigenvalue weighted by atomic mass is 10.0. The second kappa shape index (κ2) is 7.97. The third-order valence-corrected chi connectivity index (χ3v) is 4.90. The highest BCUT2D eigenvalue weighted by atomic mass is 35.5. The zero-order valence-electron chi connectivity index (χ0n) is 14.7. The molecule has 1 unspecified atom stereocenters. The highest BCUT2D eigenvalue weighted by Crippen LogP contribution is 2.28. The maximum Gasteiger partial charge on any atom is 0.357 e. The van der Waals surface area contributed by atoms with E-state index >= 15 is 0 Å². The lowest BCUT2D eigenvalue weighted by Gasteiger charge is -2.36. The lowest BCUT2D eigenvalue weighted by Crippen LogP contribution is -2.46. The molecule has 1 amide bonds. The molecule has 1 aromatic carbocycles. The molecule has 0 spiro atoms. The van der Waals surface area contributed by atoms with Gasteiger partial charge in [-0.1, -0.05) is 30.3 Å². The van der Waals surface area contributed by atoms with Gasteiger partial charge in [0.1, 0.15) is 10.4 Å². The molecule has 25 heavy (non-hydrogen) atoms. The van der Waals surface area contributed by atoms with Crippen LogP contribution in [0.4, 0.5) is 0 Å². The van der Waals surface area contributed by atoms with Crippen LogP contribution >= 0.6 is 22.9 Å². The molecule has 1 heterocycles. The molecule has 0 aliphatic heterocycles. The number of nitrogens with zero attached hydrogens (tertiary/aromatic N) is 2. The first-order valence-corrected chi connectivity index (χ1v) is 9.09. The number of ether oxygens (including phenoxy) is 1. The fraction of sp³-hybridized carbons (Fsp3) is 0.389. The van der Waals surface area contributed by atoms with Crippen LogP contribution in [0.2, 0.25) is 0 Å². The van der Waals surface area contributed by atoms with Gasteiger partial charge < -0.3 is 9.64 Å². The number of rotatable bonds is 5. The van der Waals surface area contributed by atoms with Gasteiger partial charge in [-0.15, -0.1) is 22.9 Å². The number of aromatic nitrogens is 1. The molecular weight excluding hydrogens is 360 g/mol. The van der Waals surface area contributed by atoms with E-state index in [1.54, 1.807) is 10.3 Å². The van der Waals surface area contributed by atoms with Crippen LogP contribution in [0.5, 0.6) is 0 Å². The van der Waals surface area contributed by atoms with Gasteiger partial charge >= 0.3 is 5.97 Å². The molecule has 7 heteroatoms. The van der Waals surface area contributed by atoms with E-state index in [0.717, 1.165) is 5.56 Å².